The van der Waals surface area contributed by atoms with Crippen molar-refractivity contribution >= 4 is 16.8 Å². The molecule has 158 valence electrons. The third-order valence-electron chi connectivity index (χ3n) is 5.45. The fourth-order valence-electron chi connectivity index (χ4n) is 3.75. The van der Waals surface area contributed by atoms with E-state index in [1.807, 2.05) is 53.4 Å². The van der Waals surface area contributed by atoms with Crippen LogP contribution in [0.1, 0.15) is 10.5 Å². The van der Waals surface area contributed by atoms with E-state index in [-0.39, 0.29) is 5.91 Å². The first kappa shape index (κ1) is 20.1. The standard InChI is InChI=1S/C23H27N3O4/c1-28-17-5-3-6-18(15-17)30-14-13-25-9-11-26(12-10-25)23(27)21-16-19-20(24-21)7-4-8-22(19)29-2/h3-8,15-16,24H,9-14H2,1-2H3. The zero-order chi connectivity index (χ0) is 20.9. The molecule has 1 saturated heterocycles. The van der Waals surface area contributed by atoms with Crippen molar-refractivity contribution in [1.82, 2.24) is 14.8 Å². The molecule has 7 nitrogen and oxygen atoms in total. The average molecular weight is 409 g/mol. The number of carbonyl (C=O) groups excluding carboxylic acids is 1. The highest BCUT2D eigenvalue weighted by molar-refractivity contribution is 5.99. The van der Waals surface area contributed by atoms with Crippen molar-refractivity contribution < 1.29 is 19.0 Å². The summed E-state index contributed by atoms with van der Waals surface area (Å²) in [7, 11) is 3.28. The second kappa shape index (κ2) is 9.09. The third kappa shape index (κ3) is 4.36. The molecule has 0 spiro atoms. The molecule has 1 aliphatic heterocycles. The number of aromatic nitrogens is 1. The van der Waals surface area contributed by atoms with Gasteiger partial charge in [0.2, 0.25) is 0 Å². The van der Waals surface area contributed by atoms with E-state index in [2.05, 4.69) is 9.88 Å². The summed E-state index contributed by atoms with van der Waals surface area (Å²) in [5, 5.41) is 0.927. The molecule has 0 unspecified atom stereocenters. The van der Waals surface area contributed by atoms with E-state index in [1.54, 1.807) is 14.2 Å². The largest absolute Gasteiger partial charge is 0.497 e. The van der Waals surface area contributed by atoms with Crippen LogP contribution in [-0.4, -0.2) is 74.2 Å². The normalized spacial score (nSPS) is 14.7. The number of nitrogens with zero attached hydrogens (tertiary/aromatic N) is 2. The molecule has 0 atom stereocenters. The number of carbonyl (C=O) groups is 1. The fraction of sp³-hybridized carbons (Fsp3) is 0.348. The summed E-state index contributed by atoms with van der Waals surface area (Å²) < 4.78 is 16.4. The van der Waals surface area contributed by atoms with E-state index in [4.69, 9.17) is 14.2 Å². The van der Waals surface area contributed by atoms with Gasteiger partial charge in [0, 0.05) is 49.7 Å². The third-order valence-corrected chi connectivity index (χ3v) is 5.45. The number of fused-ring (bicyclic) bond motifs is 1. The molecule has 4 rings (SSSR count). The molecule has 2 aromatic carbocycles. The smallest absolute Gasteiger partial charge is 0.270 e. The zero-order valence-corrected chi connectivity index (χ0v) is 17.4. The van der Waals surface area contributed by atoms with Crippen LogP contribution in [0.15, 0.2) is 48.5 Å². The van der Waals surface area contributed by atoms with Gasteiger partial charge in [-0.05, 0) is 30.3 Å². The van der Waals surface area contributed by atoms with Crippen LogP contribution in [0.25, 0.3) is 10.9 Å². The lowest BCUT2D eigenvalue weighted by atomic mass is 10.2. The highest BCUT2D eigenvalue weighted by Gasteiger charge is 2.23. The lowest BCUT2D eigenvalue weighted by Gasteiger charge is -2.34. The van der Waals surface area contributed by atoms with Crippen LogP contribution < -0.4 is 14.2 Å². The van der Waals surface area contributed by atoms with Gasteiger partial charge < -0.3 is 24.1 Å². The molecule has 1 fully saturated rings. The van der Waals surface area contributed by atoms with Crippen molar-refractivity contribution in [3.8, 4) is 17.2 Å². The molecule has 1 aliphatic rings. The Morgan fingerprint density at radius 2 is 1.73 bits per heavy atom. The molecule has 1 amide bonds. The number of rotatable bonds is 7. The minimum Gasteiger partial charge on any atom is -0.497 e. The van der Waals surface area contributed by atoms with Crippen LogP contribution >= 0.6 is 0 Å². The van der Waals surface area contributed by atoms with E-state index in [0.717, 1.165) is 47.8 Å². The Balaban J connectivity index is 1.28. The summed E-state index contributed by atoms with van der Waals surface area (Å²) in [6, 6.07) is 15.3. The first-order valence-electron chi connectivity index (χ1n) is 10.1. The summed E-state index contributed by atoms with van der Waals surface area (Å²) >= 11 is 0. The van der Waals surface area contributed by atoms with Gasteiger partial charge in [0.25, 0.3) is 5.91 Å². The second-order valence-corrected chi connectivity index (χ2v) is 7.27. The van der Waals surface area contributed by atoms with Crippen LogP contribution in [-0.2, 0) is 0 Å². The molecular weight excluding hydrogens is 382 g/mol. The maximum Gasteiger partial charge on any atom is 0.270 e. The average Bonchev–Trinajstić information content (AvgIpc) is 3.24. The number of aromatic amines is 1. The van der Waals surface area contributed by atoms with Crippen molar-refractivity contribution in [3.63, 3.8) is 0 Å². The fourth-order valence-corrected chi connectivity index (χ4v) is 3.75. The summed E-state index contributed by atoms with van der Waals surface area (Å²) in [6.07, 6.45) is 0. The second-order valence-electron chi connectivity index (χ2n) is 7.27. The number of hydrogen-bond acceptors (Lipinski definition) is 5. The van der Waals surface area contributed by atoms with Crippen LogP contribution in [0.4, 0.5) is 0 Å². The van der Waals surface area contributed by atoms with Crippen LogP contribution in [0.2, 0.25) is 0 Å². The van der Waals surface area contributed by atoms with Gasteiger partial charge in [0.15, 0.2) is 0 Å². The summed E-state index contributed by atoms with van der Waals surface area (Å²) in [6.45, 7) is 4.48. The highest BCUT2D eigenvalue weighted by atomic mass is 16.5. The molecule has 0 aliphatic carbocycles. The molecule has 2 heterocycles. The van der Waals surface area contributed by atoms with Gasteiger partial charge in [-0.15, -0.1) is 0 Å². The number of methoxy groups -OCH3 is 2. The van der Waals surface area contributed by atoms with Crippen molar-refractivity contribution in [2.75, 3.05) is 53.6 Å². The maximum absolute atomic E-state index is 12.9. The van der Waals surface area contributed by atoms with Crippen molar-refractivity contribution in [1.29, 1.82) is 0 Å². The van der Waals surface area contributed by atoms with E-state index >= 15 is 0 Å². The number of benzene rings is 2. The van der Waals surface area contributed by atoms with Gasteiger partial charge in [0.05, 0.1) is 14.2 Å². The molecule has 30 heavy (non-hydrogen) atoms. The highest BCUT2D eigenvalue weighted by Crippen LogP contribution is 2.26. The number of nitrogens with one attached hydrogen (secondary N) is 1. The van der Waals surface area contributed by atoms with Crippen molar-refractivity contribution in [2.24, 2.45) is 0 Å². The van der Waals surface area contributed by atoms with E-state index < -0.39 is 0 Å². The van der Waals surface area contributed by atoms with Crippen LogP contribution in [0.3, 0.4) is 0 Å². The Kier molecular flexibility index (Phi) is 6.09. The number of piperazine rings is 1. The number of amides is 1. The SMILES string of the molecule is COc1cccc(OCCN2CCN(C(=O)c3cc4c(OC)cccc4[nH]3)CC2)c1. The van der Waals surface area contributed by atoms with E-state index in [1.165, 1.54) is 0 Å². The Hall–Kier alpha value is -3.19. The van der Waals surface area contributed by atoms with E-state index in [9.17, 15) is 4.79 Å². The monoisotopic (exact) mass is 409 g/mol. The molecule has 7 heteroatoms. The minimum absolute atomic E-state index is 0.0283. The Morgan fingerprint density at radius 3 is 2.50 bits per heavy atom. The number of ether oxygens (including phenoxy) is 3. The summed E-state index contributed by atoms with van der Waals surface area (Å²) in [4.78, 5) is 20.4. The van der Waals surface area contributed by atoms with Gasteiger partial charge in [0.1, 0.15) is 29.5 Å². The summed E-state index contributed by atoms with van der Waals surface area (Å²) in [5.74, 6) is 2.39. The Bertz CT molecular complexity index is 1010. The Labute approximate surface area is 176 Å². The first-order chi connectivity index (χ1) is 14.7. The Morgan fingerprint density at radius 1 is 0.967 bits per heavy atom. The van der Waals surface area contributed by atoms with Crippen molar-refractivity contribution in [2.45, 2.75) is 0 Å². The molecule has 0 bridgehead atoms. The minimum atomic E-state index is 0.0283. The molecule has 3 aromatic rings. The predicted octanol–water partition coefficient (Wildman–Crippen LogP) is 3.02. The van der Waals surface area contributed by atoms with Gasteiger partial charge in [-0.1, -0.05) is 12.1 Å². The molecular formula is C23H27N3O4. The van der Waals surface area contributed by atoms with E-state index in [0.29, 0.717) is 25.4 Å². The van der Waals surface area contributed by atoms with Gasteiger partial charge in [-0.2, -0.15) is 0 Å². The quantitative estimate of drug-likeness (QED) is 0.650. The lowest BCUT2D eigenvalue weighted by Crippen LogP contribution is -2.49. The molecule has 1 aromatic heterocycles. The maximum atomic E-state index is 12.9. The van der Waals surface area contributed by atoms with Gasteiger partial charge in [-0.25, -0.2) is 0 Å². The molecule has 1 N–H and O–H groups in total. The van der Waals surface area contributed by atoms with Gasteiger partial charge >= 0.3 is 0 Å². The molecule has 0 radical (unpaired) electrons. The lowest BCUT2D eigenvalue weighted by molar-refractivity contribution is 0.0615. The number of H-pyrrole nitrogens is 1. The number of hydrogen-bond donors (Lipinski definition) is 1. The van der Waals surface area contributed by atoms with Gasteiger partial charge in [-0.3, -0.25) is 9.69 Å². The first-order valence-corrected chi connectivity index (χ1v) is 10.1. The predicted molar refractivity (Wildman–Crippen MR) is 116 cm³/mol. The zero-order valence-electron chi connectivity index (χ0n) is 17.4. The topological polar surface area (TPSA) is 67.0 Å². The van der Waals surface area contributed by atoms with Crippen LogP contribution in [0, 0.1) is 0 Å². The molecule has 0 saturated carbocycles. The van der Waals surface area contributed by atoms with Crippen molar-refractivity contribution in [3.05, 3.63) is 54.2 Å². The van der Waals surface area contributed by atoms with Crippen LogP contribution in [0.5, 0.6) is 17.2 Å². The summed E-state index contributed by atoms with van der Waals surface area (Å²) in [5.41, 5.74) is 1.51.